The Balaban J connectivity index is 2.91. The van der Waals surface area contributed by atoms with E-state index >= 15 is 0 Å². The highest BCUT2D eigenvalue weighted by atomic mass is 28.4. The maximum absolute atomic E-state index is 13.7. The van der Waals surface area contributed by atoms with Crippen LogP contribution in [0.1, 0.15) is 89.0 Å². The van der Waals surface area contributed by atoms with Crippen molar-refractivity contribution in [3.05, 3.63) is 11.6 Å². The Bertz CT molecular complexity index is 1190. The van der Waals surface area contributed by atoms with Gasteiger partial charge in [-0.15, -0.1) is 11.5 Å². The fourth-order valence-corrected chi connectivity index (χ4v) is 13.1. The monoisotopic (exact) mass is 692 g/mol. The second-order valence-corrected chi connectivity index (χ2v) is 29.5. The molecule has 0 radical (unpaired) electrons. The second-order valence-electron chi connectivity index (χ2n) is 15.2. The molecular weight excluding hydrogens is 629 g/mol. The third-order valence-electron chi connectivity index (χ3n) is 11.0. The highest BCUT2D eigenvalue weighted by Gasteiger charge is 2.56. The van der Waals surface area contributed by atoms with Crippen molar-refractivity contribution in [2.45, 2.75) is 173 Å². The Morgan fingerprint density at radius 2 is 1.59 bits per heavy atom. The van der Waals surface area contributed by atoms with Crippen LogP contribution in [0.3, 0.4) is 0 Å². The van der Waals surface area contributed by atoms with Crippen molar-refractivity contribution in [2.24, 2.45) is 0 Å². The molecule has 4 atom stereocenters. The smallest absolute Gasteiger partial charge is 0.342 e. The molecule has 0 bridgehead atoms. The average molecular weight is 693 g/mol. The molecule has 0 unspecified atom stereocenters. The van der Waals surface area contributed by atoms with Crippen molar-refractivity contribution in [3.8, 4) is 23.3 Å². The Hall–Kier alpha value is -1.22. The molecule has 1 N–H and O–H groups in total. The molecule has 1 saturated heterocycles. The summed E-state index contributed by atoms with van der Waals surface area (Å²) in [6, 6.07) is 6.06. The van der Waals surface area contributed by atoms with E-state index in [1.807, 2.05) is 13.8 Å². The van der Waals surface area contributed by atoms with Gasteiger partial charge in [-0.05, 0) is 74.3 Å². The molecule has 0 aromatic heterocycles. The molecule has 0 spiro atoms. The lowest BCUT2D eigenvalue weighted by atomic mass is 9.91. The average Bonchev–Trinajstić information content (AvgIpc) is 3.54. The number of esters is 1. The van der Waals surface area contributed by atoms with Crippen LogP contribution in [-0.4, -0.2) is 78.7 Å². The van der Waals surface area contributed by atoms with E-state index in [0.717, 1.165) is 36.3 Å². The third kappa shape index (κ3) is 8.87. The molecule has 7 nitrogen and oxygen atoms in total. The molecule has 10 heteroatoms. The summed E-state index contributed by atoms with van der Waals surface area (Å²) < 4.78 is 32.3. The molecule has 1 heterocycles. The van der Waals surface area contributed by atoms with Crippen LogP contribution >= 0.6 is 0 Å². The fraction of sp³-hybridized carbons (Fsp3) is 0.806. The number of rotatable bonds is 13. The molecular formula is C36H64O7Si3. The van der Waals surface area contributed by atoms with Crippen molar-refractivity contribution in [1.82, 2.24) is 0 Å². The topological polar surface area (TPSA) is 83.5 Å². The first kappa shape index (κ1) is 41.0. The van der Waals surface area contributed by atoms with Crippen molar-refractivity contribution in [1.29, 1.82) is 0 Å². The van der Waals surface area contributed by atoms with Crippen LogP contribution in [0.2, 0.25) is 54.4 Å². The lowest BCUT2D eigenvalue weighted by Crippen LogP contribution is -2.55. The van der Waals surface area contributed by atoms with E-state index in [9.17, 15) is 9.90 Å². The van der Waals surface area contributed by atoms with E-state index in [1.54, 1.807) is 6.08 Å². The SMILES string of the molecule is CC[Si](C#CC[C@](C#CC1=C[C@@H](O)C[C@]1(O[Si](C)(C)C(C)(C)C)C(=O)OC)(O[Si](CC)(CC)CC)[C@H]1COC(C)(C)O1)(CC)CC. The number of hydrogen-bond donors (Lipinski definition) is 1. The van der Waals surface area contributed by atoms with Crippen LogP contribution < -0.4 is 0 Å². The first-order chi connectivity index (χ1) is 21.2. The number of carbonyl (C=O) groups is 1. The number of aliphatic hydroxyl groups is 1. The van der Waals surface area contributed by atoms with Crippen molar-refractivity contribution >= 4 is 30.7 Å². The lowest BCUT2D eigenvalue weighted by molar-refractivity contribution is -0.157. The first-order valence-electron chi connectivity index (χ1n) is 17.5. The van der Waals surface area contributed by atoms with Gasteiger partial charge >= 0.3 is 5.97 Å². The standard InChI is InChI=1S/C36H64O7Si3/c1-15-45(16-2,17-3)25-21-23-35(31-28-40-34(10,11)41-31,42-46(18-4,19-5)20-6)24-22-29-26-30(37)27-36(29,32(38)39-12)43-44(13,14)33(7,8)9/h26,30-31,37H,15-20,23,27-28H2,1-14H3/t30-,31-,35-,36-/m1/s1. The van der Waals surface area contributed by atoms with E-state index in [2.05, 4.69) is 98.7 Å². The van der Waals surface area contributed by atoms with Gasteiger partial charge in [0, 0.05) is 12.0 Å². The van der Waals surface area contributed by atoms with Crippen LogP contribution in [-0.2, 0) is 27.9 Å². The van der Waals surface area contributed by atoms with Gasteiger partial charge in [-0.3, -0.25) is 0 Å². The Morgan fingerprint density at radius 3 is 2.02 bits per heavy atom. The number of carbonyl (C=O) groups excluding carboxylic acids is 1. The van der Waals surface area contributed by atoms with Crippen molar-refractivity contribution < 1.29 is 33.0 Å². The van der Waals surface area contributed by atoms with E-state index in [4.69, 9.17) is 23.1 Å². The predicted molar refractivity (Wildman–Crippen MR) is 195 cm³/mol. The zero-order valence-electron chi connectivity index (χ0n) is 31.5. The quantitative estimate of drug-likeness (QED) is 0.119. The number of methoxy groups -OCH3 is 1. The summed E-state index contributed by atoms with van der Waals surface area (Å²) in [5.74, 6) is 9.17. The summed E-state index contributed by atoms with van der Waals surface area (Å²) in [7, 11) is -5.22. The molecule has 46 heavy (non-hydrogen) atoms. The lowest BCUT2D eigenvalue weighted by Gasteiger charge is -2.43. The Labute approximate surface area is 284 Å². The highest BCUT2D eigenvalue weighted by Crippen LogP contribution is 2.45. The van der Waals surface area contributed by atoms with Crippen molar-refractivity contribution in [3.63, 3.8) is 0 Å². The molecule has 1 aliphatic heterocycles. The van der Waals surface area contributed by atoms with Gasteiger partial charge in [0.15, 0.2) is 33.6 Å². The molecule has 1 aliphatic carbocycles. The zero-order valence-corrected chi connectivity index (χ0v) is 34.5. The minimum atomic E-state index is -2.53. The van der Waals surface area contributed by atoms with Gasteiger partial charge in [0.1, 0.15) is 14.2 Å². The van der Waals surface area contributed by atoms with Crippen LogP contribution in [0, 0.1) is 23.3 Å². The van der Waals surface area contributed by atoms with E-state index < -0.39 is 59.9 Å². The van der Waals surface area contributed by atoms with Gasteiger partial charge in [0.2, 0.25) is 0 Å². The van der Waals surface area contributed by atoms with Crippen LogP contribution in [0.5, 0.6) is 0 Å². The van der Waals surface area contributed by atoms with Gasteiger partial charge in [0.25, 0.3) is 0 Å². The molecule has 262 valence electrons. The summed E-state index contributed by atoms with van der Waals surface area (Å²) in [6.07, 6.45) is 0.653. The van der Waals surface area contributed by atoms with Gasteiger partial charge in [-0.25, -0.2) is 4.79 Å². The molecule has 0 amide bonds. The van der Waals surface area contributed by atoms with Gasteiger partial charge in [0.05, 0.1) is 26.2 Å². The summed E-state index contributed by atoms with van der Waals surface area (Å²) >= 11 is 0. The van der Waals surface area contributed by atoms with E-state index in [1.165, 1.54) is 7.11 Å². The molecule has 1 fully saturated rings. The maximum atomic E-state index is 13.7. The molecule has 2 rings (SSSR count). The first-order valence-corrected chi connectivity index (χ1v) is 25.5. The van der Waals surface area contributed by atoms with E-state index in [0.29, 0.717) is 18.6 Å². The fourth-order valence-electron chi connectivity index (χ4n) is 6.20. The molecule has 2 aliphatic rings. The van der Waals surface area contributed by atoms with Gasteiger partial charge in [-0.2, -0.15) is 0 Å². The summed E-state index contributed by atoms with van der Waals surface area (Å²) in [5.41, 5.74) is 1.54. The van der Waals surface area contributed by atoms with Crippen LogP contribution in [0.25, 0.3) is 0 Å². The van der Waals surface area contributed by atoms with Crippen LogP contribution in [0.4, 0.5) is 0 Å². The highest BCUT2D eigenvalue weighted by molar-refractivity contribution is 6.87. The molecule has 0 aromatic carbocycles. The minimum Gasteiger partial charge on any atom is -0.467 e. The van der Waals surface area contributed by atoms with Crippen molar-refractivity contribution in [2.75, 3.05) is 13.7 Å². The summed E-state index contributed by atoms with van der Waals surface area (Å²) in [6.45, 7) is 28.1. The van der Waals surface area contributed by atoms with Crippen LogP contribution in [0.15, 0.2) is 11.6 Å². The maximum Gasteiger partial charge on any atom is 0.342 e. The summed E-state index contributed by atoms with van der Waals surface area (Å²) in [5, 5.41) is 10.8. The zero-order chi connectivity index (χ0) is 35.2. The number of hydrogen-bond acceptors (Lipinski definition) is 7. The Morgan fingerprint density at radius 1 is 1.02 bits per heavy atom. The summed E-state index contributed by atoms with van der Waals surface area (Å²) in [4.78, 5) is 13.7. The molecule has 0 aromatic rings. The predicted octanol–water partition coefficient (Wildman–Crippen LogP) is 7.97. The third-order valence-corrected chi connectivity index (χ3v) is 24.9. The number of aliphatic hydroxyl groups excluding tert-OH is 1. The van der Waals surface area contributed by atoms with Gasteiger partial charge in [-0.1, -0.05) is 74.2 Å². The molecule has 0 saturated carbocycles. The number of ether oxygens (including phenoxy) is 3. The minimum absolute atomic E-state index is 0.0507. The van der Waals surface area contributed by atoms with Gasteiger partial charge < -0.3 is 28.2 Å². The second kappa shape index (κ2) is 15.6. The Kier molecular flexibility index (Phi) is 13.8. The largest absolute Gasteiger partial charge is 0.467 e. The normalized spacial score (nSPS) is 24.7. The van der Waals surface area contributed by atoms with E-state index in [-0.39, 0.29) is 11.5 Å².